The fourth-order valence-electron chi connectivity index (χ4n) is 7.77. The van der Waals surface area contributed by atoms with Crippen LogP contribution >= 0.6 is 0 Å². The molecule has 1 fully saturated rings. The molecule has 0 radical (unpaired) electrons. The number of hydrogen-bond acceptors (Lipinski definition) is 7. The zero-order valence-electron chi connectivity index (χ0n) is 29.3. The maximum Gasteiger partial charge on any atom is 0.279 e. The van der Waals surface area contributed by atoms with E-state index in [0.717, 1.165) is 24.0 Å². The average molecular weight is 685 g/mol. The molecule has 11 nitrogen and oxygen atoms in total. The molecule has 0 unspecified atom stereocenters. The molecule has 2 aliphatic rings. The van der Waals surface area contributed by atoms with Crippen LogP contribution in [0, 0.1) is 5.92 Å². The molecule has 2 aromatic carbocycles. The number of carbonyl (C=O) groups excluding carboxylic acids is 1. The van der Waals surface area contributed by atoms with Crippen molar-refractivity contribution in [3.8, 4) is 5.69 Å². The number of ether oxygens (including phenoxy) is 1. The van der Waals surface area contributed by atoms with Crippen LogP contribution in [0.25, 0.3) is 16.6 Å². The molecule has 1 spiro atoms. The Morgan fingerprint density at radius 2 is 1.90 bits per heavy atom. The molecule has 0 bridgehead atoms. The van der Waals surface area contributed by atoms with Crippen molar-refractivity contribution in [3.05, 3.63) is 93.6 Å². The summed E-state index contributed by atoms with van der Waals surface area (Å²) in [5.41, 5.74) is 4.19. The Kier molecular flexibility index (Phi) is 9.69. The number of anilines is 1. The molecule has 1 amide bonds. The predicted octanol–water partition coefficient (Wildman–Crippen LogP) is 5.37. The second-order valence-electron chi connectivity index (χ2n) is 14.4. The molecule has 2 aliphatic heterocycles. The highest BCUT2D eigenvalue weighted by Gasteiger charge is 2.66. The van der Waals surface area contributed by atoms with Crippen molar-refractivity contribution < 1.29 is 19.4 Å². The van der Waals surface area contributed by atoms with Gasteiger partial charge in [-0.05, 0) is 83.5 Å². The molecule has 12 heteroatoms. The summed E-state index contributed by atoms with van der Waals surface area (Å²) < 4.78 is 10.3. The summed E-state index contributed by atoms with van der Waals surface area (Å²) in [4.78, 5) is 41.9. The monoisotopic (exact) mass is 684 g/mol. The van der Waals surface area contributed by atoms with Crippen molar-refractivity contribution >= 4 is 30.8 Å². The largest absolute Gasteiger partial charge is 0.432 e. The van der Waals surface area contributed by atoms with Gasteiger partial charge in [-0.2, -0.15) is 0 Å². The number of aryl methyl sites for hydroxylation is 1. The van der Waals surface area contributed by atoms with Crippen LogP contribution in [-0.2, 0) is 28.1 Å². The van der Waals surface area contributed by atoms with Crippen molar-refractivity contribution in [2.24, 2.45) is 5.92 Å². The van der Waals surface area contributed by atoms with Crippen LogP contribution in [0.1, 0.15) is 58.2 Å². The summed E-state index contributed by atoms with van der Waals surface area (Å²) in [7, 11) is -2.88. The molecule has 49 heavy (non-hydrogen) atoms. The number of nitrogens with zero attached hydrogens (tertiary/aromatic N) is 5. The molecule has 0 saturated carbocycles. The predicted molar refractivity (Wildman–Crippen MR) is 193 cm³/mol. The van der Waals surface area contributed by atoms with E-state index in [2.05, 4.69) is 48.3 Å². The van der Waals surface area contributed by atoms with Gasteiger partial charge in [-0.25, -0.2) is 4.68 Å². The van der Waals surface area contributed by atoms with Gasteiger partial charge in [0.05, 0.1) is 34.1 Å². The van der Waals surface area contributed by atoms with Crippen LogP contribution in [0.5, 0.6) is 0 Å². The van der Waals surface area contributed by atoms with Crippen molar-refractivity contribution in [2.45, 2.75) is 90.3 Å². The fraction of sp³-hybridized carbons (Fsp3) is 0.459. The normalized spacial score (nSPS) is 22.4. The Balaban J connectivity index is 1.41. The summed E-state index contributed by atoms with van der Waals surface area (Å²) in [5, 5.41) is 21.5. The van der Waals surface area contributed by atoms with E-state index in [0.29, 0.717) is 48.3 Å². The Morgan fingerprint density at radius 1 is 1.12 bits per heavy atom. The van der Waals surface area contributed by atoms with Crippen molar-refractivity contribution in [1.29, 1.82) is 0 Å². The molecule has 4 atom stereocenters. The van der Waals surface area contributed by atoms with Gasteiger partial charge in [-0.15, -0.1) is 5.10 Å². The molecule has 6 rings (SSSR count). The fourth-order valence-corrected chi connectivity index (χ4v) is 10.4. The molecule has 4 aromatic rings. The highest BCUT2D eigenvalue weighted by atomic mass is 28.4. The lowest BCUT2D eigenvalue weighted by atomic mass is 9.82. The molecular formula is C37H48N6O5Si. The van der Waals surface area contributed by atoms with Gasteiger partial charge in [-0.3, -0.25) is 19.4 Å². The number of H-pyrrole nitrogens is 1. The zero-order valence-corrected chi connectivity index (χ0v) is 30.3. The number of nitrogens with one attached hydrogen (secondary N) is 1. The van der Waals surface area contributed by atoms with E-state index in [1.807, 2.05) is 62.6 Å². The number of aliphatic hydroxyl groups excluding tert-OH is 1. The highest BCUT2D eigenvalue weighted by Crippen LogP contribution is 2.59. The number of aliphatic hydroxyl groups is 1. The molecule has 260 valence electrons. The smallest absolute Gasteiger partial charge is 0.279 e. The third kappa shape index (κ3) is 6.50. The highest BCUT2D eigenvalue weighted by molar-refractivity contribution is 6.71. The molecular weight excluding hydrogens is 637 g/mol. The van der Waals surface area contributed by atoms with E-state index in [1.54, 1.807) is 15.6 Å². The zero-order chi connectivity index (χ0) is 35.1. The van der Waals surface area contributed by atoms with Crippen molar-refractivity contribution in [3.63, 3.8) is 0 Å². The SMILES string of the molecule is CC(C)=CCC/C(C)=C/CN1C(=O)[C@@]2(O[C@@H](CCn3cc(CCO)nn3)[C@H]([Si](C)(C)O)[C@H]2C)c2cc(-n3[nH]c4ccccc4c3=O)ccc21. The number of para-hydroxylation sites is 1. The van der Waals surface area contributed by atoms with Crippen LogP contribution in [0.3, 0.4) is 0 Å². The number of carbonyl (C=O) groups is 1. The number of rotatable bonds is 12. The quantitative estimate of drug-likeness (QED) is 0.135. The minimum absolute atomic E-state index is 0.00828. The van der Waals surface area contributed by atoms with Crippen LogP contribution in [0.2, 0.25) is 18.6 Å². The van der Waals surface area contributed by atoms with Gasteiger partial charge >= 0.3 is 0 Å². The third-order valence-corrected chi connectivity index (χ3v) is 12.6. The molecule has 4 heterocycles. The second-order valence-corrected chi connectivity index (χ2v) is 18.4. The first-order valence-electron chi connectivity index (χ1n) is 17.2. The number of hydrogen-bond donors (Lipinski definition) is 3. The Labute approximate surface area is 288 Å². The topological polar surface area (TPSA) is 138 Å². The summed E-state index contributed by atoms with van der Waals surface area (Å²) in [6.45, 7) is 13.0. The van der Waals surface area contributed by atoms with Gasteiger partial charge in [0.1, 0.15) is 0 Å². The van der Waals surface area contributed by atoms with Crippen LogP contribution in [-0.4, -0.2) is 68.2 Å². The van der Waals surface area contributed by atoms with Gasteiger partial charge < -0.3 is 19.5 Å². The van der Waals surface area contributed by atoms with E-state index in [9.17, 15) is 19.5 Å². The first kappa shape index (κ1) is 34.7. The van der Waals surface area contributed by atoms with Crippen LogP contribution in [0.4, 0.5) is 5.69 Å². The average Bonchev–Trinajstić information content (AvgIpc) is 3.78. The standard InChI is InChI=1S/C37H48N6O5Si/c1-24(2)10-9-11-25(3)16-20-42-32-15-14-28(43-35(45)29-12-7-8-13-31(29)39-43)22-30(32)37(36(42)46)26(4)34(49(5,6)47)33(48-37)17-19-41-23-27(18-21-44)38-40-41/h7-8,10,12-16,22-23,26,33-34,39,44,47H,9,11,17-21H2,1-6H3/b25-16+/t26-,33+,34-,37+/m1/s1. The van der Waals surface area contributed by atoms with E-state index in [1.165, 1.54) is 15.8 Å². The molecule has 3 N–H and O–H groups in total. The van der Waals surface area contributed by atoms with Crippen LogP contribution in [0.15, 0.2) is 76.8 Å². The first-order chi connectivity index (χ1) is 23.3. The lowest BCUT2D eigenvalue weighted by Crippen LogP contribution is -2.46. The molecule has 2 aromatic heterocycles. The second kappa shape index (κ2) is 13.7. The van der Waals surface area contributed by atoms with E-state index < -0.39 is 20.0 Å². The lowest BCUT2D eigenvalue weighted by molar-refractivity contribution is -0.145. The van der Waals surface area contributed by atoms with Gasteiger partial charge in [-0.1, -0.05) is 47.6 Å². The van der Waals surface area contributed by atoms with Crippen molar-refractivity contribution in [1.82, 2.24) is 24.8 Å². The number of benzene rings is 2. The summed E-state index contributed by atoms with van der Waals surface area (Å²) in [6, 6.07) is 13.1. The number of amides is 1. The first-order valence-corrected chi connectivity index (χ1v) is 20.2. The van der Waals surface area contributed by atoms with E-state index in [4.69, 9.17) is 4.74 Å². The van der Waals surface area contributed by atoms with Crippen LogP contribution < -0.4 is 10.5 Å². The number of aromatic amines is 1. The number of allylic oxidation sites excluding steroid dienone is 3. The Bertz CT molecular complexity index is 1960. The van der Waals surface area contributed by atoms with Gasteiger partial charge in [0.2, 0.25) is 0 Å². The minimum Gasteiger partial charge on any atom is -0.432 e. The number of aromatic nitrogens is 5. The molecule has 1 saturated heterocycles. The Morgan fingerprint density at radius 3 is 2.61 bits per heavy atom. The van der Waals surface area contributed by atoms with Crippen molar-refractivity contribution in [2.75, 3.05) is 18.1 Å². The van der Waals surface area contributed by atoms with E-state index in [-0.39, 0.29) is 29.5 Å². The maximum atomic E-state index is 14.9. The maximum absolute atomic E-state index is 14.9. The summed E-state index contributed by atoms with van der Waals surface area (Å²) in [6.07, 6.45) is 8.50. The van der Waals surface area contributed by atoms with Gasteiger partial charge in [0.15, 0.2) is 13.9 Å². The minimum atomic E-state index is -2.88. The summed E-state index contributed by atoms with van der Waals surface area (Å²) >= 11 is 0. The lowest BCUT2D eigenvalue weighted by Gasteiger charge is -2.32. The molecule has 0 aliphatic carbocycles. The Hall–Kier alpha value is -4.10. The third-order valence-electron chi connectivity index (χ3n) is 10.1. The van der Waals surface area contributed by atoms with E-state index >= 15 is 0 Å². The number of fused-ring (bicyclic) bond motifs is 3. The van der Waals surface area contributed by atoms with Gasteiger partial charge in [0.25, 0.3) is 11.5 Å². The van der Waals surface area contributed by atoms with Gasteiger partial charge in [0, 0.05) is 49.3 Å². The summed E-state index contributed by atoms with van der Waals surface area (Å²) in [5.74, 6) is -0.500.